The second-order valence-corrected chi connectivity index (χ2v) is 10.1. The van der Waals surface area contributed by atoms with Crippen molar-refractivity contribution in [2.24, 2.45) is 0 Å². The van der Waals surface area contributed by atoms with Crippen LogP contribution in [0.1, 0.15) is 35.3 Å². The molecule has 1 atom stereocenters. The molecule has 4 nitrogen and oxygen atoms in total. The van der Waals surface area contributed by atoms with Gasteiger partial charge in [0.1, 0.15) is 0 Å². The molecule has 0 saturated heterocycles. The molecule has 1 aliphatic rings. The van der Waals surface area contributed by atoms with Crippen molar-refractivity contribution < 1.29 is 8.42 Å². The van der Waals surface area contributed by atoms with Gasteiger partial charge in [-0.15, -0.1) is 0 Å². The van der Waals surface area contributed by atoms with E-state index >= 15 is 0 Å². The lowest BCUT2D eigenvalue weighted by molar-refractivity contribution is 0.245. The molecule has 0 bridgehead atoms. The smallest absolute Gasteiger partial charge is 0.175 e. The monoisotopic (exact) mass is 396 g/mol. The minimum atomic E-state index is -3.23. The molecule has 0 saturated carbocycles. The Morgan fingerprint density at radius 3 is 2.64 bits per heavy atom. The van der Waals surface area contributed by atoms with Crippen LogP contribution < -0.4 is 0 Å². The zero-order valence-electron chi connectivity index (χ0n) is 17.1. The molecule has 5 heteroatoms. The summed E-state index contributed by atoms with van der Waals surface area (Å²) in [5.41, 5.74) is 6.42. The summed E-state index contributed by atoms with van der Waals surface area (Å²) in [5, 5.41) is 1.08. The Morgan fingerprint density at radius 1 is 1.14 bits per heavy atom. The van der Waals surface area contributed by atoms with E-state index in [-0.39, 0.29) is 6.04 Å². The Kier molecular flexibility index (Phi) is 4.84. The van der Waals surface area contributed by atoms with Crippen LogP contribution in [-0.4, -0.2) is 37.7 Å². The maximum absolute atomic E-state index is 12.1. The standard InChI is InChI=1S/C23H28N2O2S/c1-16-6-5-7-18(14-16)10-13-25-21-9-8-19(28(4,26)27)15-20(21)23-17(2)24(3)12-11-22(23)25/h5-9,14-15,17H,10-13H2,1-4H3. The minimum absolute atomic E-state index is 0.279. The van der Waals surface area contributed by atoms with Crippen LogP contribution in [0.25, 0.3) is 10.9 Å². The van der Waals surface area contributed by atoms with Crippen molar-refractivity contribution in [3.63, 3.8) is 0 Å². The molecule has 2 aromatic carbocycles. The molecule has 1 aromatic heterocycles. The van der Waals surface area contributed by atoms with Crippen LogP contribution in [0.2, 0.25) is 0 Å². The molecule has 148 valence electrons. The topological polar surface area (TPSA) is 42.3 Å². The van der Waals surface area contributed by atoms with Crippen molar-refractivity contribution in [1.29, 1.82) is 0 Å². The normalized spacial score (nSPS) is 17.8. The second kappa shape index (κ2) is 7.05. The van der Waals surface area contributed by atoms with E-state index < -0.39 is 9.84 Å². The number of rotatable bonds is 4. The summed E-state index contributed by atoms with van der Waals surface area (Å²) in [6.45, 7) is 6.27. The number of hydrogen-bond donors (Lipinski definition) is 0. The number of aromatic nitrogens is 1. The van der Waals surface area contributed by atoms with Crippen molar-refractivity contribution in [2.45, 2.75) is 44.2 Å². The predicted molar refractivity (Wildman–Crippen MR) is 115 cm³/mol. The lowest BCUT2D eigenvalue weighted by Gasteiger charge is -2.31. The SMILES string of the molecule is Cc1cccc(CCn2c3c(c4cc(S(C)(=O)=O)ccc42)C(C)N(C)CC3)c1. The van der Waals surface area contributed by atoms with Crippen molar-refractivity contribution >= 4 is 20.7 Å². The van der Waals surface area contributed by atoms with E-state index in [1.165, 1.54) is 28.6 Å². The van der Waals surface area contributed by atoms with Crippen molar-refractivity contribution in [1.82, 2.24) is 9.47 Å². The fourth-order valence-corrected chi connectivity index (χ4v) is 5.09. The average molecular weight is 397 g/mol. The molecule has 0 amide bonds. The molecular formula is C23H28N2O2S. The van der Waals surface area contributed by atoms with E-state index in [1.807, 2.05) is 12.1 Å². The number of benzene rings is 2. The molecule has 1 unspecified atom stereocenters. The van der Waals surface area contributed by atoms with Gasteiger partial charge in [-0.25, -0.2) is 8.42 Å². The lowest BCUT2D eigenvalue weighted by Crippen LogP contribution is -2.31. The van der Waals surface area contributed by atoms with Gasteiger partial charge in [-0.1, -0.05) is 29.8 Å². The van der Waals surface area contributed by atoms with Gasteiger partial charge in [0.25, 0.3) is 0 Å². The molecule has 3 aromatic rings. The molecule has 0 N–H and O–H groups in total. The zero-order chi connectivity index (χ0) is 20.1. The fourth-order valence-electron chi connectivity index (χ4n) is 4.44. The summed E-state index contributed by atoms with van der Waals surface area (Å²) < 4.78 is 26.7. The predicted octanol–water partition coefficient (Wildman–Crippen LogP) is 4.14. The number of hydrogen-bond acceptors (Lipinski definition) is 3. The van der Waals surface area contributed by atoms with Crippen molar-refractivity contribution in [3.05, 3.63) is 64.8 Å². The van der Waals surface area contributed by atoms with E-state index in [4.69, 9.17) is 0 Å². The summed E-state index contributed by atoms with van der Waals surface area (Å²) in [5.74, 6) is 0. The van der Waals surface area contributed by atoms with Crippen LogP contribution in [0.3, 0.4) is 0 Å². The first-order valence-corrected chi connectivity index (χ1v) is 11.8. The van der Waals surface area contributed by atoms with E-state index in [2.05, 4.69) is 54.6 Å². The third-order valence-corrected chi connectivity index (χ3v) is 7.21. The Morgan fingerprint density at radius 2 is 1.93 bits per heavy atom. The van der Waals surface area contributed by atoms with Crippen LogP contribution in [0, 0.1) is 6.92 Å². The first-order chi connectivity index (χ1) is 13.3. The third kappa shape index (κ3) is 3.38. The van der Waals surface area contributed by atoms with Crippen LogP contribution >= 0.6 is 0 Å². The summed E-state index contributed by atoms with van der Waals surface area (Å²) in [6.07, 6.45) is 3.24. The van der Waals surface area contributed by atoms with Crippen LogP contribution in [0.5, 0.6) is 0 Å². The highest BCUT2D eigenvalue weighted by molar-refractivity contribution is 7.90. The summed E-state index contributed by atoms with van der Waals surface area (Å²) in [4.78, 5) is 2.75. The third-order valence-electron chi connectivity index (χ3n) is 6.10. The Balaban J connectivity index is 1.84. The molecule has 0 spiro atoms. The van der Waals surface area contributed by atoms with E-state index in [9.17, 15) is 8.42 Å². The van der Waals surface area contributed by atoms with Gasteiger partial charge in [0, 0.05) is 48.4 Å². The van der Waals surface area contributed by atoms with Gasteiger partial charge in [-0.05, 0) is 56.6 Å². The first kappa shape index (κ1) is 19.2. The quantitative estimate of drug-likeness (QED) is 0.665. The largest absolute Gasteiger partial charge is 0.344 e. The number of nitrogens with zero attached hydrogens (tertiary/aromatic N) is 2. The maximum atomic E-state index is 12.1. The fraction of sp³-hybridized carbons (Fsp3) is 0.391. The Hall–Kier alpha value is -2.11. The Bertz CT molecular complexity index is 1140. The highest BCUT2D eigenvalue weighted by Crippen LogP contribution is 2.38. The van der Waals surface area contributed by atoms with Crippen molar-refractivity contribution in [2.75, 3.05) is 19.8 Å². The number of likely N-dealkylation sites (N-methyl/N-ethyl adjacent to an activating group) is 1. The highest BCUT2D eigenvalue weighted by atomic mass is 32.2. The van der Waals surface area contributed by atoms with Gasteiger partial charge in [-0.3, -0.25) is 4.90 Å². The molecule has 1 aliphatic heterocycles. The Labute approximate surface area is 167 Å². The van der Waals surface area contributed by atoms with Gasteiger partial charge in [0.15, 0.2) is 9.84 Å². The van der Waals surface area contributed by atoms with Crippen molar-refractivity contribution in [3.8, 4) is 0 Å². The van der Waals surface area contributed by atoms with Gasteiger partial charge >= 0.3 is 0 Å². The average Bonchev–Trinajstić information content (AvgIpc) is 2.96. The number of sulfone groups is 1. The number of aryl methyl sites for hydroxylation is 3. The molecular weight excluding hydrogens is 368 g/mol. The van der Waals surface area contributed by atoms with E-state index in [0.717, 1.165) is 36.8 Å². The zero-order valence-corrected chi connectivity index (χ0v) is 17.9. The van der Waals surface area contributed by atoms with E-state index in [0.29, 0.717) is 4.90 Å². The van der Waals surface area contributed by atoms with Crippen LogP contribution in [-0.2, 0) is 29.2 Å². The summed E-state index contributed by atoms with van der Waals surface area (Å²) in [7, 11) is -1.08. The van der Waals surface area contributed by atoms with Gasteiger partial charge < -0.3 is 4.57 Å². The van der Waals surface area contributed by atoms with Gasteiger partial charge in [0.2, 0.25) is 0 Å². The highest BCUT2D eigenvalue weighted by Gasteiger charge is 2.28. The molecule has 2 heterocycles. The number of fused-ring (bicyclic) bond motifs is 3. The van der Waals surface area contributed by atoms with Gasteiger partial charge in [0.05, 0.1) is 4.90 Å². The first-order valence-electron chi connectivity index (χ1n) is 9.86. The summed E-state index contributed by atoms with van der Waals surface area (Å²) >= 11 is 0. The van der Waals surface area contributed by atoms with Crippen LogP contribution in [0.4, 0.5) is 0 Å². The summed E-state index contributed by atoms with van der Waals surface area (Å²) in [6, 6.07) is 14.6. The van der Waals surface area contributed by atoms with Crippen LogP contribution in [0.15, 0.2) is 47.4 Å². The second-order valence-electron chi connectivity index (χ2n) is 8.11. The van der Waals surface area contributed by atoms with E-state index in [1.54, 1.807) is 6.07 Å². The molecule has 4 rings (SSSR count). The maximum Gasteiger partial charge on any atom is 0.175 e. The minimum Gasteiger partial charge on any atom is -0.344 e. The molecule has 0 fully saturated rings. The molecule has 0 radical (unpaired) electrons. The van der Waals surface area contributed by atoms with Gasteiger partial charge in [-0.2, -0.15) is 0 Å². The molecule has 28 heavy (non-hydrogen) atoms. The lowest BCUT2D eigenvalue weighted by atomic mass is 9.97. The molecule has 0 aliphatic carbocycles.